The number of nitrogens with one attached hydrogen (secondary N) is 2. The fourth-order valence-corrected chi connectivity index (χ4v) is 3.23. The van der Waals surface area contributed by atoms with Crippen molar-refractivity contribution < 1.29 is 4.79 Å². The highest BCUT2D eigenvalue weighted by Crippen LogP contribution is 2.19. The molecular formula is C16H27N5OS. The first kappa shape index (κ1) is 17.7. The highest BCUT2D eigenvalue weighted by molar-refractivity contribution is 7.09. The van der Waals surface area contributed by atoms with Crippen LogP contribution in [0.4, 0.5) is 0 Å². The lowest BCUT2D eigenvalue weighted by Gasteiger charge is -2.17. The van der Waals surface area contributed by atoms with Crippen LogP contribution in [0, 0.1) is 0 Å². The second-order valence-corrected chi connectivity index (χ2v) is 6.86. The van der Waals surface area contributed by atoms with Crippen LogP contribution >= 0.6 is 11.3 Å². The Morgan fingerprint density at radius 1 is 1.39 bits per heavy atom. The van der Waals surface area contributed by atoms with E-state index in [9.17, 15) is 4.79 Å². The molecule has 0 radical (unpaired) electrons. The molecule has 0 aliphatic carbocycles. The molecule has 6 nitrogen and oxygen atoms in total. The summed E-state index contributed by atoms with van der Waals surface area (Å²) >= 11 is 1.68. The predicted molar refractivity (Wildman–Crippen MR) is 94.8 cm³/mol. The van der Waals surface area contributed by atoms with Crippen LogP contribution in [0.5, 0.6) is 0 Å². The zero-order chi connectivity index (χ0) is 16.7. The monoisotopic (exact) mass is 337 g/mol. The van der Waals surface area contributed by atoms with Crippen molar-refractivity contribution in [2.45, 2.75) is 46.1 Å². The van der Waals surface area contributed by atoms with Gasteiger partial charge in [-0.1, -0.05) is 13.8 Å². The molecule has 1 aliphatic rings. The summed E-state index contributed by atoms with van der Waals surface area (Å²) in [7, 11) is 0. The molecular weight excluding hydrogens is 310 g/mol. The van der Waals surface area contributed by atoms with E-state index >= 15 is 0 Å². The van der Waals surface area contributed by atoms with Gasteiger partial charge in [-0.15, -0.1) is 11.3 Å². The number of nitrogens with zero attached hydrogens (tertiary/aromatic N) is 3. The van der Waals surface area contributed by atoms with E-state index in [-0.39, 0.29) is 5.91 Å². The van der Waals surface area contributed by atoms with E-state index in [0.717, 1.165) is 43.2 Å². The summed E-state index contributed by atoms with van der Waals surface area (Å²) in [6.07, 6.45) is 2.23. The van der Waals surface area contributed by atoms with Crippen LogP contribution in [0.1, 0.15) is 50.2 Å². The minimum Gasteiger partial charge on any atom is -0.357 e. The lowest BCUT2D eigenvalue weighted by atomic mass is 10.2. The summed E-state index contributed by atoms with van der Waals surface area (Å²) < 4.78 is 0. The molecule has 0 bridgehead atoms. The van der Waals surface area contributed by atoms with Gasteiger partial charge in [0, 0.05) is 30.9 Å². The summed E-state index contributed by atoms with van der Waals surface area (Å²) in [4.78, 5) is 23.1. The van der Waals surface area contributed by atoms with Gasteiger partial charge in [-0.25, -0.2) is 9.98 Å². The maximum Gasteiger partial charge on any atom is 0.241 e. The van der Waals surface area contributed by atoms with Gasteiger partial charge in [0.25, 0.3) is 0 Å². The average Bonchev–Trinajstić information content (AvgIpc) is 3.20. The predicted octanol–water partition coefficient (Wildman–Crippen LogP) is 1.94. The van der Waals surface area contributed by atoms with E-state index in [0.29, 0.717) is 25.0 Å². The van der Waals surface area contributed by atoms with Crippen LogP contribution in [0.2, 0.25) is 0 Å². The number of carbonyl (C=O) groups excluding carboxylic acids is 1. The Bertz CT molecular complexity index is 534. The molecule has 2 rings (SSSR count). The number of amides is 1. The third kappa shape index (κ3) is 5.49. The topological polar surface area (TPSA) is 69.6 Å². The van der Waals surface area contributed by atoms with Gasteiger partial charge in [-0.3, -0.25) is 4.79 Å². The largest absolute Gasteiger partial charge is 0.357 e. The standard InChI is InChI=1S/C16H27N5OS/c1-4-17-16(19-10-14(22)21-7-5-6-8-21)18-9-13-11-23-15(20-13)12(2)3/h11-12H,4-10H2,1-3H3,(H2,17,18,19). The van der Waals surface area contributed by atoms with Gasteiger partial charge in [0.05, 0.1) is 23.8 Å². The smallest absolute Gasteiger partial charge is 0.241 e. The molecule has 1 fully saturated rings. The maximum atomic E-state index is 12.1. The molecule has 0 saturated carbocycles. The van der Waals surface area contributed by atoms with Crippen molar-refractivity contribution in [1.29, 1.82) is 0 Å². The summed E-state index contributed by atoms with van der Waals surface area (Å²) in [5.74, 6) is 1.25. The lowest BCUT2D eigenvalue weighted by Crippen LogP contribution is -2.44. The first-order chi connectivity index (χ1) is 11.1. The van der Waals surface area contributed by atoms with Crippen LogP contribution in [0.3, 0.4) is 0 Å². The van der Waals surface area contributed by atoms with Crippen molar-refractivity contribution >= 4 is 23.2 Å². The second-order valence-electron chi connectivity index (χ2n) is 5.97. The Kier molecular flexibility index (Phi) is 6.83. The SMILES string of the molecule is CCNC(=NCc1csc(C(C)C)n1)NCC(=O)N1CCCC1. The van der Waals surface area contributed by atoms with Crippen molar-refractivity contribution in [3.05, 3.63) is 16.1 Å². The van der Waals surface area contributed by atoms with E-state index in [4.69, 9.17) is 0 Å². The van der Waals surface area contributed by atoms with Crippen molar-refractivity contribution in [3.63, 3.8) is 0 Å². The fraction of sp³-hybridized carbons (Fsp3) is 0.688. The Hall–Kier alpha value is -1.63. The zero-order valence-electron chi connectivity index (χ0n) is 14.3. The van der Waals surface area contributed by atoms with Crippen molar-refractivity contribution in [1.82, 2.24) is 20.5 Å². The second kappa shape index (κ2) is 8.86. The minimum absolute atomic E-state index is 0.142. The van der Waals surface area contributed by atoms with Crippen LogP contribution < -0.4 is 10.6 Å². The van der Waals surface area contributed by atoms with Gasteiger partial charge in [0.1, 0.15) is 0 Å². The number of carbonyl (C=O) groups is 1. The first-order valence-corrected chi connectivity index (χ1v) is 9.22. The molecule has 2 heterocycles. The first-order valence-electron chi connectivity index (χ1n) is 8.34. The van der Waals surface area contributed by atoms with Crippen LogP contribution in [0.25, 0.3) is 0 Å². The molecule has 2 N–H and O–H groups in total. The number of rotatable bonds is 6. The van der Waals surface area contributed by atoms with Crippen LogP contribution in [-0.2, 0) is 11.3 Å². The summed E-state index contributed by atoms with van der Waals surface area (Å²) in [5.41, 5.74) is 0.974. The third-order valence-electron chi connectivity index (χ3n) is 3.67. The summed E-state index contributed by atoms with van der Waals surface area (Å²) in [6, 6.07) is 0. The Morgan fingerprint density at radius 2 is 2.13 bits per heavy atom. The number of aromatic nitrogens is 1. The molecule has 1 saturated heterocycles. The van der Waals surface area contributed by atoms with E-state index in [1.54, 1.807) is 11.3 Å². The number of hydrogen-bond donors (Lipinski definition) is 2. The maximum absolute atomic E-state index is 12.1. The number of likely N-dealkylation sites (tertiary alicyclic amines) is 1. The summed E-state index contributed by atoms with van der Waals surface area (Å²) in [6.45, 7) is 9.63. The Morgan fingerprint density at radius 3 is 2.74 bits per heavy atom. The quantitative estimate of drug-likeness (QED) is 0.615. The number of hydrogen-bond acceptors (Lipinski definition) is 4. The van der Waals surface area contributed by atoms with Crippen molar-refractivity contribution in [2.75, 3.05) is 26.2 Å². The molecule has 7 heteroatoms. The van der Waals surface area contributed by atoms with E-state index in [1.807, 2.05) is 11.8 Å². The molecule has 0 aromatic carbocycles. The molecule has 1 aliphatic heterocycles. The van der Waals surface area contributed by atoms with Crippen LogP contribution in [0.15, 0.2) is 10.4 Å². The molecule has 1 amide bonds. The molecule has 1 aromatic heterocycles. The van der Waals surface area contributed by atoms with E-state index in [2.05, 4.69) is 39.8 Å². The minimum atomic E-state index is 0.142. The van der Waals surface area contributed by atoms with E-state index in [1.165, 1.54) is 0 Å². The van der Waals surface area contributed by atoms with E-state index < -0.39 is 0 Å². The molecule has 128 valence electrons. The Labute approximate surface area is 142 Å². The Balaban J connectivity index is 1.87. The molecule has 1 aromatic rings. The molecule has 0 spiro atoms. The van der Waals surface area contributed by atoms with Gasteiger partial charge in [0.15, 0.2) is 5.96 Å². The molecule has 0 atom stereocenters. The highest BCUT2D eigenvalue weighted by Gasteiger charge is 2.17. The fourth-order valence-electron chi connectivity index (χ4n) is 2.40. The van der Waals surface area contributed by atoms with Gasteiger partial charge >= 0.3 is 0 Å². The average molecular weight is 337 g/mol. The molecule has 23 heavy (non-hydrogen) atoms. The van der Waals surface area contributed by atoms with Crippen molar-refractivity contribution in [3.8, 4) is 0 Å². The van der Waals surface area contributed by atoms with Crippen molar-refractivity contribution in [2.24, 2.45) is 4.99 Å². The zero-order valence-corrected chi connectivity index (χ0v) is 15.1. The summed E-state index contributed by atoms with van der Waals surface area (Å²) in [5, 5.41) is 9.48. The molecule has 0 unspecified atom stereocenters. The van der Waals surface area contributed by atoms with Gasteiger partial charge < -0.3 is 15.5 Å². The van der Waals surface area contributed by atoms with Gasteiger partial charge in [-0.2, -0.15) is 0 Å². The van der Waals surface area contributed by atoms with Gasteiger partial charge in [-0.05, 0) is 19.8 Å². The number of thiazole rings is 1. The van der Waals surface area contributed by atoms with Gasteiger partial charge in [0.2, 0.25) is 5.91 Å². The van der Waals surface area contributed by atoms with Crippen LogP contribution in [-0.4, -0.2) is 47.9 Å². The number of guanidine groups is 1. The number of aliphatic imine (C=N–C) groups is 1. The normalized spacial score (nSPS) is 15.3. The third-order valence-corrected chi connectivity index (χ3v) is 4.87. The highest BCUT2D eigenvalue weighted by atomic mass is 32.1. The lowest BCUT2D eigenvalue weighted by molar-refractivity contribution is -0.128.